The van der Waals surface area contributed by atoms with Crippen LogP contribution in [0.1, 0.15) is 48.6 Å². The second kappa shape index (κ2) is 6.22. The van der Waals surface area contributed by atoms with Crippen molar-refractivity contribution in [2.75, 3.05) is 13.1 Å². The highest BCUT2D eigenvalue weighted by atomic mass is 16.2. The maximum Gasteiger partial charge on any atom is 0.273 e. The van der Waals surface area contributed by atoms with E-state index in [4.69, 9.17) is 5.26 Å². The van der Waals surface area contributed by atoms with E-state index in [0.29, 0.717) is 11.7 Å². The molecule has 0 radical (unpaired) electrons. The molecule has 2 fully saturated rings. The monoisotopic (exact) mass is 288 g/mol. The van der Waals surface area contributed by atoms with Gasteiger partial charge in [-0.15, -0.1) is 5.10 Å². The van der Waals surface area contributed by atoms with Crippen molar-refractivity contribution in [3.05, 3.63) is 11.9 Å². The van der Waals surface area contributed by atoms with Crippen LogP contribution in [0.3, 0.4) is 0 Å². The van der Waals surface area contributed by atoms with Crippen LogP contribution in [0.5, 0.6) is 0 Å². The number of carbonyl (C=O) groups excluding carboxylic acids is 1. The van der Waals surface area contributed by atoms with E-state index in [2.05, 4.69) is 27.0 Å². The molecule has 1 aromatic rings. The second-order valence-electron chi connectivity index (χ2n) is 5.81. The number of nitrogens with one attached hydrogen (secondary N) is 2. The number of piperidine rings is 1. The minimum atomic E-state index is -0.220. The van der Waals surface area contributed by atoms with Crippen LogP contribution in [-0.4, -0.2) is 40.0 Å². The first kappa shape index (κ1) is 14.0. The van der Waals surface area contributed by atoms with E-state index < -0.39 is 0 Å². The van der Waals surface area contributed by atoms with Crippen LogP contribution in [0.4, 0.5) is 0 Å². The second-order valence-corrected chi connectivity index (χ2v) is 5.81. The van der Waals surface area contributed by atoms with Gasteiger partial charge >= 0.3 is 0 Å². The van der Waals surface area contributed by atoms with Gasteiger partial charge in [0.05, 0.1) is 24.2 Å². The van der Waals surface area contributed by atoms with Crippen LogP contribution in [0.15, 0.2) is 6.20 Å². The molecule has 0 bridgehead atoms. The third kappa shape index (κ3) is 3.05. The van der Waals surface area contributed by atoms with E-state index in [0.717, 1.165) is 45.2 Å². The van der Waals surface area contributed by atoms with E-state index in [1.54, 1.807) is 10.9 Å². The van der Waals surface area contributed by atoms with E-state index in [1.165, 1.54) is 0 Å². The average molecular weight is 288 g/mol. The van der Waals surface area contributed by atoms with Crippen LogP contribution in [0.2, 0.25) is 0 Å². The van der Waals surface area contributed by atoms with Crippen molar-refractivity contribution >= 4 is 5.91 Å². The van der Waals surface area contributed by atoms with Crippen molar-refractivity contribution in [3.63, 3.8) is 0 Å². The van der Waals surface area contributed by atoms with Crippen molar-refractivity contribution in [1.29, 1.82) is 5.26 Å². The summed E-state index contributed by atoms with van der Waals surface area (Å²) in [6.07, 6.45) is 6.45. The summed E-state index contributed by atoms with van der Waals surface area (Å²) < 4.78 is 1.80. The normalized spacial score (nSPS) is 26.4. The van der Waals surface area contributed by atoms with E-state index >= 15 is 0 Å². The molecule has 2 N–H and O–H groups in total. The van der Waals surface area contributed by atoms with E-state index in [1.807, 2.05) is 0 Å². The zero-order valence-electron chi connectivity index (χ0n) is 12.0. The van der Waals surface area contributed by atoms with Gasteiger partial charge in [-0.05, 0) is 45.2 Å². The highest BCUT2D eigenvalue weighted by Gasteiger charge is 2.29. The summed E-state index contributed by atoms with van der Waals surface area (Å²) in [7, 11) is 0. The van der Waals surface area contributed by atoms with Crippen molar-refractivity contribution in [3.8, 4) is 6.07 Å². The molecule has 7 nitrogen and oxygen atoms in total. The quantitative estimate of drug-likeness (QED) is 0.850. The molecule has 0 aromatic carbocycles. The number of hydrogen-bond donors (Lipinski definition) is 2. The molecule has 1 amide bonds. The van der Waals surface area contributed by atoms with Gasteiger partial charge in [0.2, 0.25) is 0 Å². The number of nitrogens with zero attached hydrogens (tertiary/aromatic N) is 4. The summed E-state index contributed by atoms with van der Waals surface area (Å²) in [5.74, 6) is -0.296. The highest BCUT2D eigenvalue weighted by Crippen LogP contribution is 2.25. The summed E-state index contributed by atoms with van der Waals surface area (Å²) in [6, 6.07) is 2.53. The van der Waals surface area contributed by atoms with Gasteiger partial charge in [-0.25, -0.2) is 4.68 Å². The lowest BCUT2D eigenvalue weighted by Gasteiger charge is -2.22. The maximum absolute atomic E-state index is 12.2. The summed E-state index contributed by atoms with van der Waals surface area (Å²) in [5.41, 5.74) is 0.345. The number of aromatic nitrogens is 3. The first-order valence-corrected chi connectivity index (χ1v) is 7.61. The van der Waals surface area contributed by atoms with Crippen LogP contribution < -0.4 is 10.6 Å². The van der Waals surface area contributed by atoms with Crippen LogP contribution in [0, 0.1) is 17.2 Å². The summed E-state index contributed by atoms with van der Waals surface area (Å²) in [4.78, 5) is 12.2. The molecule has 112 valence electrons. The van der Waals surface area contributed by atoms with E-state index in [-0.39, 0.29) is 17.9 Å². The van der Waals surface area contributed by atoms with Crippen LogP contribution in [-0.2, 0) is 0 Å². The zero-order chi connectivity index (χ0) is 14.7. The molecule has 3 rings (SSSR count). The minimum absolute atomic E-state index is 0.0495. The first-order chi connectivity index (χ1) is 10.3. The third-order valence-corrected chi connectivity index (χ3v) is 4.42. The number of nitriles is 1. The Morgan fingerprint density at radius 3 is 2.95 bits per heavy atom. The van der Waals surface area contributed by atoms with Crippen LogP contribution >= 0.6 is 0 Å². The Kier molecular flexibility index (Phi) is 4.15. The minimum Gasteiger partial charge on any atom is -0.347 e. The maximum atomic E-state index is 12.2. The van der Waals surface area contributed by atoms with Crippen molar-refractivity contribution in [1.82, 2.24) is 25.6 Å². The SMILES string of the molecule is N#CC1CCCC1NC(=O)c1cn(C2CCNCC2)nn1. The Morgan fingerprint density at radius 1 is 1.38 bits per heavy atom. The molecule has 2 aliphatic rings. The molecule has 1 aliphatic carbocycles. The largest absolute Gasteiger partial charge is 0.347 e. The Bertz CT molecular complexity index is 542. The fourth-order valence-corrected chi connectivity index (χ4v) is 3.16. The molecular formula is C14H20N6O. The Labute approximate surface area is 123 Å². The van der Waals surface area contributed by atoms with Gasteiger partial charge in [-0.1, -0.05) is 5.21 Å². The standard InChI is InChI=1S/C14H20N6O/c15-8-10-2-1-3-12(10)17-14(21)13-9-20(19-18-13)11-4-6-16-7-5-11/h9-12,16H,1-7H2,(H,17,21). The van der Waals surface area contributed by atoms with E-state index in [9.17, 15) is 4.79 Å². The lowest BCUT2D eigenvalue weighted by molar-refractivity contribution is 0.0927. The molecule has 2 heterocycles. The Balaban J connectivity index is 1.62. The summed E-state index contributed by atoms with van der Waals surface area (Å²) in [6.45, 7) is 1.94. The van der Waals surface area contributed by atoms with Crippen LogP contribution in [0.25, 0.3) is 0 Å². The number of amides is 1. The molecule has 21 heavy (non-hydrogen) atoms. The summed E-state index contributed by atoms with van der Waals surface area (Å²) >= 11 is 0. The molecule has 1 aliphatic heterocycles. The van der Waals surface area contributed by atoms with Gasteiger partial charge in [0.15, 0.2) is 5.69 Å². The number of rotatable bonds is 3. The molecule has 1 aromatic heterocycles. The number of carbonyl (C=O) groups is 1. The van der Waals surface area contributed by atoms with Crippen molar-refractivity contribution < 1.29 is 4.79 Å². The summed E-state index contributed by atoms with van der Waals surface area (Å²) in [5, 5.41) is 23.3. The lowest BCUT2D eigenvalue weighted by atomic mass is 10.1. The molecular weight excluding hydrogens is 268 g/mol. The third-order valence-electron chi connectivity index (χ3n) is 4.42. The number of hydrogen-bond acceptors (Lipinski definition) is 5. The van der Waals surface area contributed by atoms with Gasteiger partial charge in [0.1, 0.15) is 0 Å². The molecule has 0 spiro atoms. The topological polar surface area (TPSA) is 95.6 Å². The Hall–Kier alpha value is -1.94. The van der Waals surface area contributed by atoms with Gasteiger partial charge in [-0.3, -0.25) is 4.79 Å². The highest BCUT2D eigenvalue weighted by molar-refractivity contribution is 5.92. The Morgan fingerprint density at radius 2 is 2.19 bits per heavy atom. The van der Waals surface area contributed by atoms with Crippen molar-refractivity contribution in [2.24, 2.45) is 5.92 Å². The fraction of sp³-hybridized carbons (Fsp3) is 0.714. The predicted molar refractivity (Wildman–Crippen MR) is 75.4 cm³/mol. The van der Waals surface area contributed by atoms with Gasteiger partial charge in [0.25, 0.3) is 5.91 Å². The first-order valence-electron chi connectivity index (χ1n) is 7.61. The smallest absolute Gasteiger partial charge is 0.273 e. The zero-order valence-corrected chi connectivity index (χ0v) is 12.0. The molecule has 1 saturated heterocycles. The van der Waals surface area contributed by atoms with Gasteiger partial charge < -0.3 is 10.6 Å². The molecule has 7 heteroatoms. The predicted octanol–water partition coefficient (Wildman–Crippen LogP) is 0.625. The molecule has 2 atom stereocenters. The van der Waals surface area contributed by atoms with Gasteiger partial charge in [0, 0.05) is 6.04 Å². The van der Waals surface area contributed by atoms with Crippen molar-refractivity contribution in [2.45, 2.75) is 44.2 Å². The average Bonchev–Trinajstić information content (AvgIpc) is 3.17. The molecule has 2 unspecified atom stereocenters. The molecule has 1 saturated carbocycles. The fourth-order valence-electron chi connectivity index (χ4n) is 3.16. The van der Waals surface area contributed by atoms with Gasteiger partial charge in [-0.2, -0.15) is 5.26 Å². The lowest BCUT2D eigenvalue weighted by Crippen LogP contribution is -2.37.